The number of likely N-dealkylation sites (N-methyl/N-ethyl adjacent to an activating group) is 1. The van der Waals surface area contributed by atoms with Crippen LogP contribution >= 0.6 is 0 Å². The van der Waals surface area contributed by atoms with Crippen molar-refractivity contribution in [3.63, 3.8) is 0 Å². The Morgan fingerprint density at radius 2 is 1.71 bits per heavy atom. The van der Waals surface area contributed by atoms with E-state index in [0.29, 0.717) is 18.4 Å². The van der Waals surface area contributed by atoms with Crippen molar-refractivity contribution >= 4 is 0 Å². The van der Waals surface area contributed by atoms with Gasteiger partial charge in [-0.1, -0.05) is 38.1 Å². The summed E-state index contributed by atoms with van der Waals surface area (Å²) in [7, 11) is 4.19. The molecule has 2 nitrogen and oxygen atoms in total. The highest BCUT2D eigenvalue weighted by Gasteiger charge is 2.10. The zero-order valence-electron chi connectivity index (χ0n) is 11.6. The normalized spacial score (nSPS) is 13.4. The highest BCUT2D eigenvalue weighted by Crippen LogP contribution is 2.17. The molecule has 96 valence electrons. The van der Waals surface area contributed by atoms with E-state index in [9.17, 15) is 0 Å². The Labute approximate surface area is 106 Å². The summed E-state index contributed by atoms with van der Waals surface area (Å²) < 4.78 is 0. The molecule has 2 N–H and O–H groups in total. The molecule has 0 spiro atoms. The minimum atomic E-state index is 0.443. The number of hydrogen-bond acceptors (Lipinski definition) is 2. The molecule has 1 aromatic rings. The molecule has 0 heterocycles. The summed E-state index contributed by atoms with van der Waals surface area (Å²) in [4.78, 5) is 2.19. The summed E-state index contributed by atoms with van der Waals surface area (Å²) in [5.74, 6) is 1.16. The van der Waals surface area contributed by atoms with Gasteiger partial charge in [-0.15, -0.1) is 0 Å². The number of nitrogens with two attached hydrogens (primary N) is 1. The highest BCUT2D eigenvalue weighted by atomic mass is 15.1. The SMILES string of the molecule is CC(C)Cc1ccc(C(CN)CN(C)C)cc1. The summed E-state index contributed by atoms with van der Waals surface area (Å²) in [6, 6.07) is 8.96. The molecule has 0 aliphatic rings. The predicted octanol–water partition coefficient (Wildman–Crippen LogP) is 2.49. The van der Waals surface area contributed by atoms with Gasteiger partial charge in [-0.3, -0.25) is 0 Å². The molecule has 1 atom stereocenters. The van der Waals surface area contributed by atoms with E-state index < -0.39 is 0 Å². The molecular weight excluding hydrogens is 208 g/mol. The fourth-order valence-electron chi connectivity index (χ4n) is 2.15. The van der Waals surface area contributed by atoms with Crippen LogP contribution in [0.1, 0.15) is 30.9 Å². The predicted molar refractivity (Wildman–Crippen MR) is 75.3 cm³/mol. The van der Waals surface area contributed by atoms with E-state index in [1.54, 1.807) is 0 Å². The Hall–Kier alpha value is -0.860. The maximum atomic E-state index is 5.85. The molecule has 2 heteroatoms. The first kappa shape index (κ1) is 14.2. The topological polar surface area (TPSA) is 29.3 Å². The molecule has 0 fully saturated rings. The van der Waals surface area contributed by atoms with Crippen molar-refractivity contribution in [1.82, 2.24) is 4.90 Å². The van der Waals surface area contributed by atoms with Crippen LogP contribution in [0, 0.1) is 5.92 Å². The smallest absolute Gasteiger partial charge is 0.00886 e. The summed E-state index contributed by atoms with van der Waals surface area (Å²) in [5.41, 5.74) is 8.62. The van der Waals surface area contributed by atoms with E-state index in [4.69, 9.17) is 5.73 Å². The lowest BCUT2D eigenvalue weighted by molar-refractivity contribution is 0.375. The van der Waals surface area contributed by atoms with Crippen LogP contribution < -0.4 is 5.73 Å². The number of hydrogen-bond donors (Lipinski definition) is 1. The third-order valence-corrected chi connectivity index (χ3v) is 2.97. The number of nitrogens with zero attached hydrogens (tertiary/aromatic N) is 1. The molecule has 1 aromatic carbocycles. The molecule has 0 amide bonds. The van der Waals surface area contributed by atoms with E-state index in [-0.39, 0.29) is 0 Å². The van der Waals surface area contributed by atoms with Crippen molar-refractivity contribution in [2.75, 3.05) is 27.2 Å². The van der Waals surface area contributed by atoms with Gasteiger partial charge in [0.05, 0.1) is 0 Å². The standard InChI is InChI=1S/C15H26N2/c1-12(2)9-13-5-7-14(8-6-13)15(10-16)11-17(3)4/h5-8,12,15H,9-11,16H2,1-4H3. The van der Waals surface area contributed by atoms with Crippen LogP contribution in [0.25, 0.3) is 0 Å². The molecule has 0 radical (unpaired) electrons. The largest absolute Gasteiger partial charge is 0.330 e. The summed E-state index contributed by atoms with van der Waals surface area (Å²) in [5, 5.41) is 0. The van der Waals surface area contributed by atoms with Gasteiger partial charge in [0.15, 0.2) is 0 Å². The molecule has 0 aromatic heterocycles. The van der Waals surface area contributed by atoms with Gasteiger partial charge >= 0.3 is 0 Å². The van der Waals surface area contributed by atoms with Gasteiger partial charge in [0.25, 0.3) is 0 Å². The van der Waals surface area contributed by atoms with Crippen LogP contribution in [0.15, 0.2) is 24.3 Å². The molecule has 17 heavy (non-hydrogen) atoms. The Bertz CT molecular complexity index is 314. The molecule has 0 saturated heterocycles. The second-order valence-electron chi connectivity index (χ2n) is 5.53. The van der Waals surface area contributed by atoms with Crippen LogP contribution in [0.5, 0.6) is 0 Å². The second-order valence-corrected chi connectivity index (χ2v) is 5.53. The third-order valence-electron chi connectivity index (χ3n) is 2.97. The highest BCUT2D eigenvalue weighted by molar-refractivity contribution is 5.26. The van der Waals surface area contributed by atoms with Gasteiger partial charge in [-0.2, -0.15) is 0 Å². The second kappa shape index (κ2) is 6.77. The van der Waals surface area contributed by atoms with Gasteiger partial charge in [-0.25, -0.2) is 0 Å². The van der Waals surface area contributed by atoms with Crippen LogP contribution in [0.4, 0.5) is 0 Å². The summed E-state index contributed by atoms with van der Waals surface area (Å²) in [6.07, 6.45) is 1.15. The zero-order valence-corrected chi connectivity index (χ0v) is 11.6. The first-order chi connectivity index (χ1) is 8.02. The first-order valence-corrected chi connectivity index (χ1v) is 6.46. The number of rotatable bonds is 6. The van der Waals surface area contributed by atoms with Crippen molar-refractivity contribution < 1.29 is 0 Å². The fraction of sp³-hybridized carbons (Fsp3) is 0.600. The lowest BCUT2D eigenvalue weighted by Gasteiger charge is -2.20. The van der Waals surface area contributed by atoms with Crippen LogP contribution in [-0.2, 0) is 6.42 Å². The van der Waals surface area contributed by atoms with Crippen molar-refractivity contribution in [2.24, 2.45) is 11.7 Å². The average Bonchev–Trinajstić information content (AvgIpc) is 2.26. The summed E-state index contributed by atoms with van der Waals surface area (Å²) >= 11 is 0. The van der Waals surface area contributed by atoms with Gasteiger partial charge < -0.3 is 10.6 Å². The molecule has 0 saturated carbocycles. The van der Waals surface area contributed by atoms with E-state index in [0.717, 1.165) is 13.0 Å². The maximum Gasteiger partial charge on any atom is 0.00886 e. The van der Waals surface area contributed by atoms with Crippen LogP contribution in [0.2, 0.25) is 0 Å². The molecule has 0 aliphatic carbocycles. The van der Waals surface area contributed by atoms with Crippen LogP contribution in [-0.4, -0.2) is 32.1 Å². The quantitative estimate of drug-likeness (QED) is 0.819. The Balaban J connectivity index is 2.70. The minimum Gasteiger partial charge on any atom is -0.330 e. The fourth-order valence-corrected chi connectivity index (χ4v) is 2.15. The summed E-state index contributed by atoms with van der Waals surface area (Å²) in [6.45, 7) is 6.23. The lowest BCUT2D eigenvalue weighted by atomic mass is 9.95. The average molecular weight is 234 g/mol. The van der Waals surface area contributed by atoms with E-state index in [1.165, 1.54) is 11.1 Å². The lowest BCUT2D eigenvalue weighted by Crippen LogP contribution is -2.25. The van der Waals surface area contributed by atoms with Crippen molar-refractivity contribution in [3.05, 3.63) is 35.4 Å². The molecule has 1 rings (SSSR count). The first-order valence-electron chi connectivity index (χ1n) is 6.46. The molecule has 0 aliphatic heterocycles. The van der Waals surface area contributed by atoms with Gasteiger partial charge in [0.1, 0.15) is 0 Å². The van der Waals surface area contributed by atoms with Gasteiger partial charge in [0.2, 0.25) is 0 Å². The van der Waals surface area contributed by atoms with Crippen molar-refractivity contribution in [3.8, 4) is 0 Å². The van der Waals surface area contributed by atoms with Gasteiger partial charge in [-0.05, 0) is 37.6 Å². The van der Waals surface area contributed by atoms with Crippen LogP contribution in [0.3, 0.4) is 0 Å². The number of benzene rings is 1. The van der Waals surface area contributed by atoms with Crippen molar-refractivity contribution in [2.45, 2.75) is 26.2 Å². The van der Waals surface area contributed by atoms with E-state index in [1.807, 2.05) is 0 Å². The molecular formula is C15H26N2. The third kappa shape index (κ3) is 4.88. The molecule has 0 bridgehead atoms. The van der Waals surface area contributed by atoms with Gasteiger partial charge in [0, 0.05) is 19.0 Å². The van der Waals surface area contributed by atoms with Crippen molar-refractivity contribution in [1.29, 1.82) is 0 Å². The Morgan fingerprint density at radius 3 is 2.12 bits per heavy atom. The molecule has 1 unspecified atom stereocenters. The zero-order chi connectivity index (χ0) is 12.8. The van der Waals surface area contributed by atoms with E-state index >= 15 is 0 Å². The monoisotopic (exact) mass is 234 g/mol. The minimum absolute atomic E-state index is 0.443. The maximum absolute atomic E-state index is 5.85. The Morgan fingerprint density at radius 1 is 1.12 bits per heavy atom. The van der Waals surface area contributed by atoms with E-state index in [2.05, 4.69) is 57.1 Å². The Kier molecular flexibility index (Phi) is 5.66.